The summed E-state index contributed by atoms with van der Waals surface area (Å²) < 4.78 is 43.9. The minimum atomic E-state index is -4.39. The standard InChI is InChI=1S/C16H12F3N3O2/c17-16(18,19)12-7-5-11(6-8-12)10-24-15(23)9-22-14-4-2-1-3-13(14)20-21-22/h1-8H,9-10H2. The fourth-order valence-electron chi connectivity index (χ4n) is 2.16. The number of esters is 1. The summed E-state index contributed by atoms with van der Waals surface area (Å²) in [6.45, 7) is -0.231. The van der Waals surface area contributed by atoms with Gasteiger partial charge in [0.05, 0.1) is 11.1 Å². The molecule has 3 aromatic rings. The van der Waals surface area contributed by atoms with E-state index in [9.17, 15) is 18.0 Å². The zero-order valence-corrected chi connectivity index (χ0v) is 12.3. The Morgan fingerprint density at radius 2 is 1.79 bits per heavy atom. The molecule has 1 aromatic heterocycles. The van der Waals surface area contributed by atoms with Gasteiger partial charge >= 0.3 is 12.1 Å². The van der Waals surface area contributed by atoms with Gasteiger partial charge in [0.25, 0.3) is 0 Å². The SMILES string of the molecule is O=C(Cn1nnc2ccccc21)OCc1ccc(C(F)(F)F)cc1. The molecule has 8 heteroatoms. The zero-order valence-electron chi connectivity index (χ0n) is 12.3. The first-order chi connectivity index (χ1) is 11.4. The summed E-state index contributed by atoms with van der Waals surface area (Å²) in [4.78, 5) is 11.9. The van der Waals surface area contributed by atoms with Gasteiger partial charge in [-0.25, -0.2) is 4.68 Å². The third-order valence-corrected chi connectivity index (χ3v) is 3.38. The van der Waals surface area contributed by atoms with Crippen molar-refractivity contribution >= 4 is 17.0 Å². The number of alkyl halides is 3. The van der Waals surface area contributed by atoms with Crippen LogP contribution in [0.15, 0.2) is 48.5 Å². The van der Waals surface area contributed by atoms with Crippen molar-refractivity contribution in [2.24, 2.45) is 0 Å². The molecule has 0 N–H and O–H groups in total. The van der Waals surface area contributed by atoms with Gasteiger partial charge < -0.3 is 4.74 Å². The minimum absolute atomic E-state index is 0.108. The quantitative estimate of drug-likeness (QED) is 0.687. The first-order valence-corrected chi connectivity index (χ1v) is 7.03. The van der Waals surface area contributed by atoms with Crippen LogP contribution in [-0.2, 0) is 28.9 Å². The van der Waals surface area contributed by atoms with Crippen molar-refractivity contribution in [1.82, 2.24) is 15.0 Å². The predicted molar refractivity (Wildman–Crippen MR) is 78.8 cm³/mol. The lowest BCUT2D eigenvalue weighted by Gasteiger charge is -2.08. The number of hydrogen-bond donors (Lipinski definition) is 0. The second-order valence-corrected chi connectivity index (χ2v) is 5.09. The second-order valence-electron chi connectivity index (χ2n) is 5.09. The number of benzene rings is 2. The Kier molecular flexibility index (Phi) is 4.20. The average Bonchev–Trinajstić information content (AvgIpc) is 2.96. The topological polar surface area (TPSA) is 57.0 Å². The van der Waals surface area contributed by atoms with E-state index in [1.807, 2.05) is 6.07 Å². The number of halogens is 3. The van der Waals surface area contributed by atoms with Gasteiger partial charge in [-0.1, -0.05) is 29.5 Å². The number of aromatic nitrogens is 3. The molecule has 124 valence electrons. The predicted octanol–water partition coefficient (Wildman–Crippen LogP) is 3.19. The van der Waals surface area contributed by atoms with Crippen LogP contribution in [0.3, 0.4) is 0 Å². The molecule has 0 spiro atoms. The van der Waals surface area contributed by atoms with E-state index in [1.54, 1.807) is 18.2 Å². The van der Waals surface area contributed by atoms with Gasteiger partial charge in [-0.3, -0.25) is 4.79 Å². The fourth-order valence-corrected chi connectivity index (χ4v) is 2.16. The van der Waals surface area contributed by atoms with E-state index in [-0.39, 0.29) is 13.2 Å². The van der Waals surface area contributed by atoms with Crippen LogP contribution in [0, 0.1) is 0 Å². The van der Waals surface area contributed by atoms with E-state index in [4.69, 9.17) is 4.74 Å². The molecule has 0 atom stereocenters. The smallest absolute Gasteiger partial charge is 0.416 e. The molecule has 2 aromatic carbocycles. The number of hydrogen-bond acceptors (Lipinski definition) is 4. The minimum Gasteiger partial charge on any atom is -0.459 e. The summed E-state index contributed by atoms with van der Waals surface area (Å²) in [7, 11) is 0. The van der Waals surface area contributed by atoms with E-state index in [1.165, 1.54) is 16.8 Å². The summed E-state index contributed by atoms with van der Waals surface area (Å²) in [6.07, 6.45) is -4.39. The van der Waals surface area contributed by atoms with E-state index < -0.39 is 17.7 Å². The third kappa shape index (κ3) is 3.53. The molecule has 1 heterocycles. The van der Waals surface area contributed by atoms with Crippen LogP contribution < -0.4 is 0 Å². The maximum atomic E-state index is 12.5. The summed E-state index contributed by atoms with van der Waals surface area (Å²) >= 11 is 0. The summed E-state index contributed by atoms with van der Waals surface area (Å²) in [6, 6.07) is 11.6. The fraction of sp³-hybridized carbons (Fsp3) is 0.188. The van der Waals surface area contributed by atoms with Crippen molar-refractivity contribution < 1.29 is 22.7 Å². The van der Waals surface area contributed by atoms with Crippen molar-refractivity contribution in [2.75, 3.05) is 0 Å². The van der Waals surface area contributed by atoms with Gasteiger partial charge in [0.2, 0.25) is 0 Å². The lowest BCUT2D eigenvalue weighted by atomic mass is 10.1. The third-order valence-electron chi connectivity index (χ3n) is 3.38. The number of carbonyl (C=O) groups is 1. The summed E-state index contributed by atoms with van der Waals surface area (Å²) in [5.41, 5.74) is 1.09. The van der Waals surface area contributed by atoms with Gasteiger partial charge in [0, 0.05) is 0 Å². The number of rotatable bonds is 4. The van der Waals surface area contributed by atoms with Gasteiger partial charge in [-0.05, 0) is 29.8 Å². The van der Waals surface area contributed by atoms with Gasteiger partial charge in [0.15, 0.2) is 0 Å². The first-order valence-electron chi connectivity index (χ1n) is 7.03. The number of nitrogens with zero attached hydrogens (tertiary/aromatic N) is 3. The number of carbonyl (C=O) groups excluding carboxylic acids is 1. The maximum absolute atomic E-state index is 12.5. The van der Waals surface area contributed by atoms with E-state index in [0.29, 0.717) is 16.6 Å². The summed E-state index contributed by atoms with van der Waals surface area (Å²) in [5.74, 6) is -0.550. The Labute approximate surface area is 134 Å². The van der Waals surface area contributed by atoms with Crippen molar-refractivity contribution in [3.63, 3.8) is 0 Å². The van der Waals surface area contributed by atoms with E-state index in [0.717, 1.165) is 12.1 Å². The molecule has 0 saturated carbocycles. The second kappa shape index (κ2) is 6.31. The molecule has 0 fully saturated rings. The molecular formula is C16H12F3N3O2. The van der Waals surface area contributed by atoms with Crippen LogP contribution in [0.1, 0.15) is 11.1 Å². The molecule has 0 unspecified atom stereocenters. The molecule has 3 rings (SSSR count). The van der Waals surface area contributed by atoms with E-state index >= 15 is 0 Å². The van der Waals surface area contributed by atoms with Crippen LogP contribution in [-0.4, -0.2) is 21.0 Å². The number of para-hydroxylation sites is 1. The van der Waals surface area contributed by atoms with Gasteiger partial charge in [-0.15, -0.1) is 5.10 Å². The Bertz CT molecular complexity index is 857. The molecule has 0 aliphatic heterocycles. The highest BCUT2D eigenvalue weighted by Gasteiger charge is 2.29. The molecule has 0 aliphatic carbocycles. The normalized spacial score (nSPS) is 11.6. The van der Waals surface area contributed by atoms with Crippen LogP contribution >= 0.6 is 0 Å². The molecule has 0 saturated heterocycles. The number of fused-ring (bicyclic) bond motifs is 1. The van der Waals surface area contributed by atoms with Crippen molar-refractivity contribution in [1.29, 1.82) is 0 Å². The average molecular weight is 335 g/mol. The lowest BCUT2D eigenvalue weighted by Crippen LogP contribution is -2.14. The van der Waals surface area contributed by atoms with Crippen molar-refractivity contribution in [3.8, 4) is 0 Å². The molecule has 5 nitrogen and oxygen atoms in total. The Hall–Kier alpha value is -2.90. The van der Waals surface area contributed by atoms with Crippen LogP contribution in [0.2, 0.25) is 0 Å². The molecule has 24 heavy (non-hydrogen) atoms. The lowest BCUT2D eigenvalue weighted by molar-refractivity contribution is -0.146. The Balaban J connectivity index is 1.59. The molecule has 0 bridgehead atoms. The van der Waals surface area contributed by atoms with Gasteiger partial charge in [0.1, 0.15) is 18.7 Å². The molecule has 0 amide bonds. The van der Waals surface area contributed by atoms with Crippen LogP contribution in [0.4, 0.5) is 13.2 Å². The van der Waals surface area contributed by atoms with Crippen LogP contribution in [0.25, 0.3) is 11.0 Å². The highest BCUT2D eigenvalue weighted by atomic mass is 19.4. The van der Waals surface area contributed by atoms with E-state index in [2.05, 4.69) is 10.3 Å². The highest BCUT2D eigenvalue weighted by Crippen LogP contribution is 2.29. The van der Waals surface area contributed by atoms with Crippen LogP contribution in [0.5, 0.6) is 0 Å². The molecule has 0 radical (unpaired) electrons. The first kappa shape index (κ1) is 16.0. The molecule has 0 aliphatic rings. The summed E-state index contributed by atoms with van der Waals surface area (Å²) in [5, 5.41) is 7.79. The van der Waals surface area contributed by atoms with Crippen molar-refractivity contribution in [3.05, 3.63) is 59.7 Å². The highest BCUT2D eigenvalue weighted by molar-refractivity contribution is 5.76. The maximum Gasteiger partial charge on any atom is 0.416 e. The zero-order chi connectivity index (χ0) is 17.2. The largest absolute Gasteiger partial charge is 0.459 e. The van der Waals surface area contributed by atoms with Gasteiger partial charge in [-0.2, -0.15) is 13.2 Å². The molecular weight excluding hydrogens is 323 g/mol. The monoisotopic (exact) mass is 335 g/mol. The Morgan fingerprint density at radius 1 is 1.08 bits per heavy atom. The van der Waals surface area contributed by atoms with Crippen molar-refractivity contribution in [2.45, 2.75) is 19.3 Å². The Morgan fingerprint density at radius 3 is 2.50 bits per heavy atom. The number of ether oxygens (including phenoxy) is 1.